The third-order valence-electron chi connectivity index (χ3n) is 3.75. The van der Waals surface area contributed by atoms with Gasteiger partial charge in [0.15, 0.2) is 6.61 Å². The molecule has 2 aromatic rings. The number of carbonyl (C=O) groups excluding carboxylic acids is 2. The van der Waals surface area contributed by atoms with Gasteiger partial charge in [-0.1, -0.05) is 24.8 Å². The summed E-state index contributed by atoms with van der Waals surface area (Å²) in [5, 5.41) is 14.9. The molecule has 1 fully saturated rings. The first-order valence-corrected chi connectivity index (χ1v) is 8.59. The molecular formula is C19H17NO4S. The molecule has 0 atom stereocenters. The van der Waals surface area contributed by atoms with Crippen LogP contribution in [0.15, 0.2) is 65.4 Å². The van der Waals surface area contributed by atoms with Gasteiger partial charge in [0.1, 0.15) is 17.1 Å². The monoisotopic (exact) mass is 355 g/mol. The molecule has 1 aliphatic rings. The Morgan fingerprint density at radius 3 is 2.60 bits per heavy atom. The lowest BCUT2D eigenvalue weighted by molar-refractivity contribution is -0.116. The Kier molecular flexibility index (Phi) is 5.00. The number of allylic oxidation sites excluding steroid dienone is 2. The van der Waals surface area contributed by atoms with Crippen molar-refractivity contribution in [3.05, 3.63) is 75.9 Å². The molecule has 128 valence electrons. The summed E-state index contributed by atoms with van der Waals surface area (Å²) in [5.41, 5.74) is 1.66. The number of Topliss-reactive ketones (excluding diaryl/α,β-unsaturated/α-hetero) is 1. The predicted molar refractivity (Wildman–Crippen MR) is 96.6 cm³/mol. The number of nitrogens with one attached hydrogen (secondary N) is 1. The van der Waals surface area contributed by atoms with Gasteiger partial charge in [0.25, 0.3) is 0 Å². The van der Waals surface area contributed by atoms with E-state index in [9.17, 15) is 14.7 Å². The summed E-state index contributed by atoms with van der Waals surface area (Å²) in [6, 6.07) is 11.0. The molecule has 1 aromatic heterocycles. The van der Waals surface area contributed by atoms with E-state index in [0.29, 0.717) is 12.1 Å². The molecule has 25 heavy (non-hydrogen) atoms. The molecule has 3 rings (SSSR count). The molecule has 6 heteroatoms. The normalized spacial score (nSPS) is 15.8. The van der Waals surface area contributed by atoms with Crippen LogP contribution in [-0.2, 0) is 27.2 Å². The van der Waals surface area contributed by atoms with E-state index < -0.39 is 0 Å². The van der Waals surface area contributed by atoms with Crippen molar-refractivity contribution in [2.75, 3.05) is 11.9 Å². The number of aliphatic hydroxyl groups is 1. The van der Waals surface area contributed by atoms with E-state index in [1.54, 1.807) is 35.6 Å². The molecule has 5 nitrogen and oxygen atoms in total. The maximum absolute atomic E-state index is 12.0. The van der Waals surface area contributed by atoms with Crippen LogP contribution in [0.25, 0.3) is 0 Å². The van der Waals surface area contributed by atoms with Gasteiger partial charge < -0.3 is 15.2 Å². The standard InChI is InChI=1S/C19H17NO4S/c1-12-19(17(22)11-24-12)16(21)9-13-4-6-14(7-5-13)20-18(23)10-15-3-2-8-25-15/h2-8,21H,1,9-11H2,(H,20,23). The molecular weight excluding hydrogens is 338 g/mol. The van der Waals surface area contributed by atoms with Gasteiger partial charge in [0.2, 0.25) is 11.7 Å². The third-order valence-corrected chi connectivity index (χ3v) is 4.62. The minimum absolute atomic E-state index is 0.0537. The zero-order valence-corrected chi connectivity index (χ0v) is 14.3. The lowest BCUT2D eigenvalue weighted by atomic mass is 10.0. The molecule has 0 bridgehead atoms. The number of amides is 1. The predicted octanol–water partition coefficient (Wildman–Crippen LogP) is 3.40. The fraction of sp³-hybridized carbons (Fsp3) is 0.158. The fourth-order valence-corrected chi connectivity index (χ4v) is 3.24. The summed E-state index contributed by atoms with van der Waals surface area (Å²) in [7, 11) is 0. The Bertz CT molecular complexity index is 817. The maximum atomic E-state index is 12.0. The van der Waals surface area contributed by atoms with Crippen LogP contribution in [0, 0.1) is 0 Å². The lowest BCUT2D eigenvalue weighted by Gasteiger charge is -2.07. The fourth-order valence-electron chi connectivity index (χ4n) is 2.54. The van der Waals surface area contributed by atoms with Crippen LogP contribution in [-0.4, -0.2) is 23.4 Å². The topological polar surface area (TPSA) is 75.6 Å². The number of ether oxygens (including phenoxy) is 1. The highest BCUT2D eigenvalue weighted by molar-refractivity contribution is 7.10. The van der Waals surface area contributed by atoms with Crippen LogP contribution < -0.4 is 5.32 Å². The Hall–Kier alpha value is -2.86. The second-order valence-electron chi connectivity index (χ2n) is 5.63. The molecule has 2 heterocycles. The van der Waals surface area contributed by atoms with E-state index in [-0.39, 0.29) is 41.8 Å². The van der Waals surface area contributed by atoms with Crippen LogP contribution in [0.4, 0.5) is 5.69 Å². The van der Waals surface area contributed by atoms with Crippen LogP contribution in [0.1, 0.15) is 10.4 Å². The van der Waals surface area contributed by atoms with Gasteiger partial charge in [0, 0.05) is 17.0 Å². The highest BCUT2D eigenvalue weighted by atomic mass is 32.1. The number of anilines is 1. The first-order chi connectivity index (χ1) is 12.0. The molecule has 1 saturated heterocycles. The summed E-state index contributed by atoms with van der Waals surface area (Å²) < 4.78 is 5.03. The second-order valence-corrected chi connectivity index (χ2v) is 6.67. The Morgan fingerprint density at radius 1 is 1.24 bits per heavy atom. The van der Waals surface area contributed by atoms with Gasteiger partial charge in [-0.3, -0.25) is 9.59 Å². The van der Waals surface area contributed by atoms with Crippen molar-refractivity contribution in [3.8, 4) is 0 Å². The number of benzene rings is 1. The number of rotatable bonds is 5. The Balaban J connectivity index is 1.62. The van der Waals surface area contributed by atoms with E-state index in [1.807, 2.05) is 17.5 Å². The van der Waals surface area contributed by atoms with Crippen molar-refractivity contribution in [2.45, 2.75) is 12.8 Å². The minimum Gasteiger partial charge on any atom is -0.511 e. The van der Waals surface area contributed by atoms with E-state index >= 15 is 0 Å². The van der Waals surface area contributed by atoms with Crippen molar-refractivity contribution >= 4 is 28.7 Å². The van der Waals surface area contributed by atoms with Gasteiger partial charge in [-0.15, -0.1) is 11.3 Å². The van der Waals surface area contributed by atoms with Gasteiger partial charge in [-0.05, 0) is 29.1 Å². The smallest absolute Gasteiger partial charge is 0.229 e. The van der Waals surface area contributed by atoms with Crippen molar-refractivity contribution in [1.29, 1.82) is 0 Å². The summed E-state index contributed by atoms with van der Waals surface area (Å²) in [6.07, 6.45) is 0.545. The molecule has 0 spiro atoms. The Morgan fingerprint density at radius 2 is 2.00 bits per heavy atom. The van der Waals surface area contributed by atoms with E-state index in [1.165, 1.54) is 0 Å². The van der Waals surface area contributed by atoms with Crippen molar-refractivity contribution < 1.29 is 19.4 Å². The number of carbonyl (C=O) groups is 2. The summed E-state index contributed by atoms with van der Waals surface area (Å²) in [4.78, 5) is 24.7. The molecule has 0 aliphatic carbocycles. The van der Waals surface area contributed by atoms with Gasteiger partial charge in [-0.25, -0.2) is 0 Å². The number of ketones is 1. The van der Waals surface area contributed by atoms with E-state index in [0.717, 1.165) is 10.4 Å². The van der Waals surface area contributed by atoms with Gasteiger partial charge >= 0.3 is 0 Å². The highest BCUT2D eigenvalue weighted by Crippen LogP contribution is 2.24. The van der Waals surface area contributed by atoms with Crippen molar-refractivity contribution in [3.63, 3.8) is 0 Å². The van der Waals surface area contributed by atoms with Crippen molar-refractivity contribution in [2.24, 2.45) is 0 Å². The lowest BCUT2D eigenvalue weighted by Crippen LogP contribution is -2.13. The molecule has 1 amide bonds. The van der Waals surface area contributed by atoms with Crippen LogP contribution in [0.2, 0.25) is 0 Å². The van der Waals surface area contributed by atoms with Crippen LogP contribution in [0.3, 0.4) is 0 Å². The quantitative estimate of drug-likeness (QED) is 0.637. The van der Waals surface area contributed by atoms with Crippen molar-refractivity contribution in [1.82, 2.24) is 0 Å². The van der Waals surface area contributed by atoms with Gasteiger partial charge in [-0.2, -0.15) is 0 Å². The zero-order valence-electron chi connectivity index (χ0n) is 13.5. The number of aliphatic hydroxyl groups excluding tert-OH is 1. The number of thiophene rings is 1. The van der Waals surface area contributed by atoms with Crippen LogP contribution in [0.5, 0.6) is 0 Å². The van der Waals surface area contributed by atoms with E-state index in [4.69, 9.17) is 4.74 Å². The molecule has 0 saturated carbocycles. The molecule has 1 aromatic carbocycles. The highest BCUT2D eigenvalue weighted by Gasteiger charge is 2.26. The second kappa shape index (κ2) is 7.36. The summed E-state index contributed by atoms with van der Waals surface area (Å²) >= 11 is 1.54. The summed E-state index contributed by atoms with van der Waals surface area (Å²) in [6.45, 7) is 3.54. The largest absolute Gasteiger partial charge is 0.511 e. The first-order valence-electron chi connectivity index (χ1n) is 7.71. The summed E-state index contributed by atoms with van der Waals surface area (Å²) in [5.74, 6) is -0.188. The maximum Gasteiger partial charge on any atom is 0.229 e. The number of hydrogen-bond acceptors (Lipinski definition) is 5. The molecule has 2 N–H and O–H groups in total. The average Bonchev–Trinajstić information content (AvgIpc) is 3.19. The SMILES string of the molecule is C=C1OCC(=O)C1=C(O)Cc1ccc(NC(=O)Cc2cccs2)cc1. The number of hydrogen-bond donors (Lipinski definition) is 2. The average molecular weight is 355 g/mol. The molecule has 0 radical (unpaired) electrons. The van der Waals surface area contributed by atoms with E-state index in [2.05, 4.69) is 11.9 Å². The zero-order chi connectivity index (χ0) is 17.8. The Labute approximate surface area is 149 Å². The molecule has 1 aliphatic heterocycles. The first kappa shape index (κ1) is 17.0. The third kappa shape index (κ3) is 4.16. The van der Waals surface area contributed by atoms with Gasteiger partial charge in [0.05, 0.1) is 6.42 Å². The minimum atomic E-state index is -0.264. The molecule has 0 unspecified atom stereocenters. The van der Waals surface area contributed by atoms with Crippen LogP contribution >= 0.6 is 11.3 Å².